The average Bonchev–Trinajstić information content (AvgIpc) is 2.90. The average molecular weight is 549 g/mol. The van der Waals surface area contributed by atoms with Gasteiger partial charge in [0, 0.05) is 28.1 Å². The summed E-state index contributed by atoms with van der Waals surface area (Å²) in [5.41, 5.74) is 1.34. The maximum Gasteiger partial charge on any atom is 0.410 e. The quantitative estimate of drug-likeness (QED) is 0.264. The largest absolute Gasteiger partial charge is 0.493 e. The molecule has 207 valence electrons. The van der Waals surface area contributed by atoms with Crippen molar-refractivity contribution in [1.29, 1.82) is 0 Å². The van der Waals surface area contributed by atoms with Crippen molar-refractivity contribution in [3.63, 3.8) is 0 Å². The molecular formula is C32H39FNO4Si. The number of fused-ring (bicyclic) bond motifs is 1. The second-order valence-corrected chi connectivity index (χ2v) is 12.3. The maximum absolute atomic E-state index is 13.7. The molecule has 0 spiro atoms. The predicted molar refractivity (Wildman–Crippen MR) is 154 cm³/mol. The van der Waals surface area contributed by atoms with Crippen LogP contribution < -0.4 is 4.74 Å². The number of hydrogen-bond donors (Lipinski definition) is 0. The maximum atomic E-state index is 13.7. The molecule has 3 atom stereocenters. The minimum absolute atomic E-state index is 0.00901. The molecule has 1 amide bonds. The Balaban J connectivity index is 1.56. The highest BCUT2D eigenvalue weighted by molar-refractivity contribution is 6.12. The minimum Gasteiger partial charge on any atom is -0.493 e. The Morgan fingerprint density at radius 3 is 2.51 bits per heavy atom. The molecule has 4 rings (SSSR count). The SMILES string of the molecule is CC(C)COc1cc(COC2CN(C(=O)OC(C)(C)C(C)[Si])CCC2c2ccc(F)cc2)cc2ccccc12. The fourth-order valence-electron chi connectivity index (χ4n) is 4.72. The number of carbonyl (C=O) groups is 1. The lowest BCUT2D eigenvalue weighted by Gasteiger charge is -2.40. The second-order valence-electron chi connectivity index (χ2n) is 11.5. The van der Waals surface area contributed by atoms with Crippen molar-refractivity contribution in [3.8, 4) is 5.75 Å². The monoisotopic (exact) mass is 548 g/mol. The van der Waals surface area contributed by atoms with Crippen LogP contribution in [-0.4, -0.2) is 52.6 Å². The number of benzene rings is 3. The Hall–Kier alpha value is -2.90. The molecule has 1 saturated heterocycles. The number of piperidine rings is 1. The van der Waals surface area contributed by atoms with Gasteiger partial charge in [0.1, 0.15) is 17.2 Å². The fraction of sp³-hybridized carbons (Fsp3) is 0.469. The van der Waals surface area contributed by atoms with E-state index in [0.717, 1.165) is 27.6 Å². The van der Waals surface area contributed by atoms with Gasteiger partial charge in [-0.2, -0.15) is 0 Å². The first-order chi connectivity index (χ1) is 18.5. The molecule has 3 aromatic rings. The highest BCUT2D eigenvalue weighted by Crippen LogP contribution is 2.34. The number of likely N-dealkylation sites (tertiary alicyclic amines) is 1. The first-order valence-electron chi connectivity index (χ1n) is 13.7. The van der Waals surface area contributed by atoms with Crippen LogP contribution in [0.2, 0.25) is 5.54 Å². The van der Waals surface area contributed by atoms with Crippen molar-refractivity contribution in [2.45, 2.75) is 70.8 Å². The molecule has 1 heterocycles. The van der Waals surface area contributed by atoms with E-state index in [0.29, 0.717) is 38.6 Å². The topological polar surface area (TPSA) is 48.0 Å². The summed E-state index contributed by atoms with van der Waals surface area (Å²) < 4.78 is 32.2. The zero-order valence-corrected chi connectivity index (χ0v) is 24.6. The van der Waals surface area contributed by atoms with Crippen LogP contribution in [0.4, 0.5) is 9.18 Å². The summed E-state index contributed by atoms with van der Waals surface area (Å²) in [5, 5.41) is 2.16. The molecule has 5 nitrogen and oxygen atoms in total. The van der Waals surface area contributed by atoms with Crippen molar-refractivity contribution in [1.82, 2.24) is 4.90 Å². The highest BCUT2D eigenvalue weighted by atomic mass is 28.1. The van der Waals surface area contributed by atoms with Crippen molar-refractivity contribution < 1.29 is 23.4 Å². The molecule has 39 heavy (non-hydrogen) atoms. The van der Waals surface area contributed by atoms with E-state index in [-0.39, 0.29) is 29.5 Å². The Labute approximate surface area is 235 Å². The van der Waals surface area contributed by atoms with Crippen LogP contribution >= 0.6 is 0 Å². The number of amides is 1. The van der Waals surface area contributed by atoms with Crippen LogP contribution in [0.15, 0.2) is 60.7 Å². The van der Waals surface area contributed by atoms with Gasteiger partial charge in [-0.3, -0.25) is 0 Å². The first kappa shape index (κ1) is 29.1. The van der Waals surface area contributed by atoms with E-state index in [1.807, 2.05) is 51.1 Å². The zero-order chi connectivity index (χ0) is 28.2. The van der Waals surface area contributed by atoms with E-state index in [4.69, 9.17) is 14.2 Å². The molecule has 1 fully saturated rings. The van der Waals surface area contributed by atoms with Crippen LogP contribution in [0.1, 0.15) is 58.1 Å². The normalized spacial score (nSPS) is 18.8. The zero-order valence-electron chi connectivity index (χ0n) is 23.6. The second kappa shape index (κ2) is 12.5. The molecule has 1 aliphatic heterocycles. The van der Waals surface area contributed by atoms with E-state index in [9.17, 15) is 9.18 Å². The number of halogens is 1. The number of hydrogen-bond acceptors (Lipinski definition) is 4. The lowest BCUT2D eigenvalue weighted by Crippen LogP contribution is -2.49. The number of ether oxygens (including phenoxy) is 3. The van der Waals surface area contributed by atoms with E-state index in [2.05, 4.69) is 42.3 Å². The summed E-state index contributed by atoms with van der Waals surface area (Å²) in [6, 6.07) is 18.9. The van der Waals surface area contributed by atoms with Gasteiger partial charge in [0.2, 0.25) is 0 Å². The molecule has 1 aliphatic rings. The molecule has 0 N–H and O–H groups in total. The van der Waals surface area contributed by atoms with Crippen molar-refractivity contribution in [2.24, 2.45) is 5.92 Å². The van der Waals surface area contributed by atoms with Gasteiger partial charge in [-0.15, -0.1) is 0 Å². The van der Waals surface area contributed by atoms with Gasteiger partial charge >= 0.3 is 6.09 Å². The molecule has 7 heteroatoms. The minimum atomic E-state index is -0.657. The standard InChI is InChI=1S/C32H39FNO4Si/c1-21(2)19-36-29-17-23(16-25-8-6-7-9-27(25)29)20-37-30-18-34(31(35)38-32(4,5)22(3)39)15-14-28(30)24-10-12-26(33)13-11-24/h6-13,16-17,21-22,28,30H,14-15,18-20H2,1-5H3. The Bertz CT molecular complexity index is 1260. The van der Waals surface area contributed by atoms with Crippen LogP contribution in [0.5, 0.6) is 5.75 Å². The lowest BCUT2D eigenvalue weighted by atomic mass is 9.87. The summed E-state index contributed by atoms with van der Waals surface area (Å²) in [4.78, 5) is 14.8. The summed E-state index contributed by atoms with van der Waals surface area (Å²) in [6.07, 6.45) is 0.0501. The van der Waals surface area contributed by atoms with Crippen molar-refractivity contribution in [2.75, 3.05) is 19.7 Å². The summed E-state index contributed by atoms with van der Waals surface area (Å²) >= 11 is 0. The van der Waals surface area contributed by atoms with Gasteiger partial charge < -0.3 is 19.1 Å². The molecule has 0 bridgehead atoms. The summed E-state index contributed by atoms with van der Waals surface area (Å²) in [7, 11) is 3.59. The van der Waals surface area contributed by atoms with E-state index < -0.39 is 5.60 Å². The van der Waals surface area contributed by atoms with E-state index in [1.165, 1.54) is 12.1 Å². The smallest absolute Gasteiger partial charge is 0.410 e. The molecular weight excluding hydrogens is 509 g/mol. The fourth-order valence-corrected chi connectivity index (χ4v) is 4.78. The molecule has 0 aromatic heterocycles. The molecule has 0 aliphatic carbocycles. The van der Waals surface area contributed by atoms with Gasteiger partial charge in [-0.05, 0) is 72.5 Å². The van der Waals surface area contributed by atoms with Gasteiger partial charge in [0.05, 0.1) is 25.9 Å². The van der Waals surface area contributed by atoms with Crippen LogP contribution in [0.3, 0.4) is 0 Å². The third-order valence-electron chi connectivity index (χ3n) is 7.43. The number of nitrogens with zero attached hydrogens (tertiary/aromatic N) is 1. The Kier molecular flexibility index (Phi) is 9.34. The summed E-state index contributed by atoms with van der Waals surface area (Å²) in [5.74, 6) is 1.00. The van der Waals surface area contributed by atoms with Gasteiger partial charge in [-0.1, -0.05) is 57.2 Å². The van der Waals surface area contributed by atoms with Crippen molar-refractivity contribution >= 4 is 27.1 Å². The number of carbonyl (C=O) groups excluding carboxylic acids is 1. The lowest BCUT2D eigenvalue weighted by molar-refractivity contribution is -0.0393. The summed E-state index contributed by atoms with van der Waals surface area (Å²) in [6.45, 7) is 11.9. The molecule has 3 unspecified atom stereocenters. The van der Waals surface area contributed by atoms with E-state index >= 15 is 0 Å². The van der Waals surface area contributed by atoms with Gasteiger partial charge in [0.25, 0.3) is 0 Å². The third kappa shape index (κ3) is 7.40. The molecule has 0 saturated carbocycles. The Morgan fingerprint density at radius 1 is 1.10 bits per heavy atom. The van der Waals surface area contributed by atoms with Gasteiger partial charge in [-0.25, -0.2) is 9.18 Å². The van der Waals surface area contributed by atoms with E-state index in [1.54, 1.807) is 4.90 Å². The predicted octanol–water partition coefficient (Wildman–Crippen LogP) is 7.28. The first-order valence-corrected chi connectivity index (χ1v) is 14.3. The van der Waals surface area contributed by atoms with Crippen LogP contribution in [0, 0.1) is 11.7 Å². The third-order valence-corrected chi connectivity index (χ3v) is 8.12. The molecule has 3 radical (unpaired) electrons. The van der Waals surface area contributed by atoms with Gasteiger partial charge in [0.15, 0.2) is 0 Å². The van der Waals surface area contributed by atoms with Crippen molar-refractivity contribution in [3.05, 3.63) is 77.6 Å². The molecule has 3 aromatic carbocycles. The highest BCUT2D eigenvalue weighted by Gasteiger charge is 2.36. The van der Waals surface area contributed by atoms with Crippen LogP contribution in [-0.2, 0) is 16.1 Å². The Morgan fingerprint density at radius 2 is 1.82 bits per heavy atom. The van der Waals surface area contributed by atoms with Crippen LogP contribution in [0.25, 0.3) is 10.8 Å². The number of rotatable bonds is 9.